The smallest absolute Gasteiger partial charge is 0.0727 e. The van der Waals surface area contributed by atoms with E-state index in [0.717, 1.165) is 11.4 Å². The average Bonchev–Trinajstić information content (AvgIpc) is 3.95. The van der Waals surface area contributed by atoms with Crippen LogP contribution in [0.4, 0.5) is 11.4 Å². The fourth-order valence-electron chi connectivity index (χ4n) is 9.31. The number of benzene rings is 9. The molecule has 1 aliphatic rings. The first-order valence-electron chi connectivity index (χ1n) is 21.3. The van der Waals surface area contributed by atoms with Crippen molar-refractivity contribution in [1.82, 2.24) is 4.57 Å². The lowest BCUT2D eigenvalue weighted by atomic mass is 9.82. The normalized spacial score (nSPS) is 12.5. The summed E-state index contributed by atoms with van der Waals surface area (Å²) in [5, 5.41) is 6.14. The number of fused-ring (bicyclic) bond motifs is 8. The summed E-state index contributed by atoms with van der Waals surface area (Å²) in [6, 6.07) is 80.5. The van der Waals surface area contributed by atoms with Crippen molar-refractivity contribution in [3.8, 4) is 50.2 Å². The van der Waals surface area contributed by atoms with Gasteiger partial charge in [0.05, 0.1) is 15.7 Å². The van der Waals surface area contributed by atoms with Gasteiger partial charge in [0.25, 0.3) is 0 Å². The third kappa shape index (κ3) is 6.68. The van der Waals surface area contributed by atoms with Crippen LogP contribution in [-0.2, 0) is 5.41 Å². The van der Waals surface area contributed by atoms with Crippen molar-refractivity contribution in [2.75, 3.05) is 5.32 Å². The lowest BCUT2D eigenvalue weighted by molar-refractivity contribution is 0.660. The molecule has 3 heteroatoms. The molecule has 62 heavy (non-hydrogen) atoms. The second-order valence-corrected chi connectivity index (χ2v) is 17.7. The highest BCUT2D eigenvalue weighted by molar-refractivity contribution is 7.26. The third-order valence-corrected chi connectivity index (χ3v) is 13.7. The quantitative estimate of drug-likeness (QED) is 0.177. The minimum Gasteiger partial charge on any atom is -0.356 e. The number of hydrogen-bond acceptors (Lipinski definition) is 2. The van der Waals surface area contributed by atoms with Gasteiger partial charge in [-0.15, -0.1) is 11.3 Å². The predicted octanol–water partition coefficient (Wildman–Crippen LogP) is 16.7. The zero-order valence-corrected chi connectivity index (χ0v) is 35.5. The van der Waals surface area contributed by atoms with E-state index >= 15 is 0 Å². The molecule has 0 radical (unpaired) electrons. The summed E-state index contributed by atoms with van der Waals surface area (Å²) in [5.74, 6) is 0. The molecule has 12 rings (SSSR count). The highest BCUT2D eigenvalue weighted by Crippen LogP contribution is 2.48. The molecule has 0 saturated carbocycles. The summed E-state index contributed by atoms with van der Waals surface area (Å²) < 4.78 is 5.08. The van der Waals surface area contributed by atoms with Crippen molar-refractivity contribution in [3.63, 3.8) is 0 Å². The van der Waals surface area contributed by atoms with Gasteiger partial charge in [0.2, 0.25) is 0 Å². The van der Waals surface area contributed by atoms with Crippen LogP contribution in [0.5, 0.6) is 0 Å². The molecule has 0 spiro atoms. The first kappa shape index (κ1) is 37.5. The maximum absolute atomic E-state index is 3.56. The van der Waals surface area contributed by atoms with Gasteiger partial charge in [0, 0.05) is 37.9 Å². The van der Waals surface area contributed by atoms with Gasteiger partial charge in [-0.25, -0.2) is 0 Å². The molecule has 1 aliphatic carbocycles. The highest BCUT2D eigenvalue weighted by Gasteiger charge is 2.34. The average molecular weight is 813 g/mol. The summed E-state index contributed by atoms with van der Waals surface area (Å²) in [6.45, 7) is 4.61. The minimum atomic E-state index is 0.160. The Labute approximate surface area is 367 Å². The summed E-state index contributed by atoms with van der Waals surface area (Å²) in [7, 11) is 0. The lowest BCUT2D eigenvalue weighted by Gasteiger charge is -2.20. The molecule has 11 aromatic rings. The Kier molecular flexibility index (Phi) is 9.40. The van der Waals surface area contributed by atoms with Crippen molar-refractivity contribution < 1.29 is 0 Å². The standard InChI is InChI=1S/C44H30N2S.C15H14/c1-3-9-30(10-4-1)32-15-22-36(23-16-32)45-37-24-17-34(18-25-37)35-21-28-41-40(29-35)44-43(39-13-7-8-14-42(39)47-44)46(41)38-26-19-33(20-27-38)31-11-5-2-6-12-31;1-15(2)13-9-5-3-7-11(13)12-8-4-6-10-14(12)15/h1-29,45H;3-10H,1-2H3. The first-order chi connectivity index (χ1) is 30.5. The summed E-state index contributed by atoms with van der Waals surface area (Å²) in [5.41, 5.74) is 19.0. The van der Waals surface area contributed by atoms with Crippen molar-refractivity contribution >= 4 is 53.9 Å². The zero-order chi connectivity index (χ0) is 41.6. The number of nitrogens with one attached hydrogen (secondary N) is 1. The van der Waals surface area contributed by atoms with Crippen LogP contribution in [0.3, 0.4) is 0 Å². The van der Waals surface area contributed by atoms with Crippen LogP contribution in [-0.4, -0.2) is 4.57 Å². The fourth-order valence-corrected chi connectivity index (χ4v) is 10.5. The number of thiophene rings is 1. The Morgan fingerprint density at radius 3 is 1.44 bits per heavy atom. The molecule has 9 aromatic carbocycles. The first-order valence-corrected chi connectivity index (χ1v) is 22.2. The van der Waals surface area contributed by atoms with Crippen LogP contribution in [0.2, 0.25) is 0 Å². The molecular formula is C59H44N2S. The number of rotatable bonds is 6. The van der Waals surface area contributed by atoms with Crippen LogP contribution in [0.25, 0.3) is 81.4 Å². The van der Waals surface area contributed by atoms with E-state index in [-0.39, 0.29) is 5.41 Å². The monoisotopic (exact) mass is 812 g/mol. The molecule has 2 nitrogen and oxygen atoms in total. The van der Waals surface area contributed by atoms with Crippen molar-refractivity contribution in [2.24, 2.45) is 0 Å². The molecule has 0 unspecified atom stereocenters. The topological polar surface area (TPSA) is 17.0 Å². The van der Waals surface area contributed by atoms with Crippen LogP contribution in [0.1, 0.15) is 25.0 Å². The largest absolute Gasteiger partial charge is 0.356 e. The van der Waals surface area contributed by atoms with E-state index in [2.05, 4.69) is 242 Å². The van der Waals surface area contributed by atoms with E-state index in [1.165, 1.54) is 92.5 Å². The highest BCUT2D eigenvalue weighted by atomic mass is 32.1. The fraction of sp³-hybridized carbons (Fsp3) is 0.0508. The SMILES string of the molecule is CC1(C)c2ccccc2-c2ccccc21.c1ccc(-c2ccc(Nc3ccc(-c4ccc5c(c4)c4sc6ccccc6c4n5-c4ccc(-c5ccccc5)cc4)cc3)cc2)cc1. The maximum atomic E-state index is 3.56. The second-order valence-electron chi connectivity index (χ2n) is 16.6. The van der Waals surface area contributed by atoms with E-state index in [1.807, 2.05) is 17.4 Å². The van der Waals surface area contributed by atoms with Crippen LogP contribution >= 0.6 is 11.3 Å². The Morgan fingerprint density at radius 1 is 0.403 bits per heavy atom. The second kappa shape index (κ2) is 15.5. The zero-order valence-electron chi connectivity index (χ0n) is 34.7. The molecule has 0 fully saturated rings. The van der Waals surface area contributed by atoms with Gasteiger partial charge in [-0.05, 0) is 110 Å². The number of aromatic nitrogens is 1. The van der Waals surface area contributed by atoms with E-state index in [0.29, 0.717) is 0 Å². The molecule has 2 aromatic heterocycles. The van der Waals surface area contributed by atoms with E-state index < -0.39 is 0 Å². The Hall–Kier alpha value is -7.46. The molecule has 0 bridgehead atoms. The van der Waals surface area contributed by atoms with Gasteiger partial charge in [-0.1, -0.05) is 184 Å². The number of anilines is 2. The van der Waals surface area contributed by atoms with Gasteiger partial charge in [0.15, 0.2) is 0 Å². The molecule has 0 amide bonds. The molecule has 2 heterocycles. The van der Waals surface area contributed by atoms with Crippen LogP contribution < -0.4 is 5.32 Å². The van der Waals surface area contributed by atoms with Gasteiger partial charge in [-0.2, -0.15) is 0 Å². The molecular weight excluding hydrogens is 769 g/mol. The van der Waals surface area contributed by atoms with Gasteiger partial charge in [-0.3, -0.25) is 0 Å². The number of nitrogens with zero attached hydrogens (tertiary/aromatic N) is 1. The predicted molar refractivity (Wildman–Crippen MR) is 266 cm³/mol. The van der Waals surface area contributed by atoms with E-state index in [9.17, 15) is 0 Å². The number of hydrogen-bond donors (Lipinski definition) is 1. The Bertz CT molecular complexity index is 3310. The van der Waals surface area contributed by atoms with Crippen molar-refractivity contribution in [2.45, 2.75) is 19.3 Å². The molecule has 0 aliphatic heterocycles. The molecule has 1 N–H and O–H groups in total. The Morgan fingerprint density at radius 2 is 0.855 bits per heavy atom. The van der Waals surface area contributed by atoms with Gasteiger partial charge < -0.3 is 9.88 Å². The maximum Gasteiger partial charge on any atom is 0.0727 e. The molecule has 296 valence electrons. The summed E-state index contributed by atoms with van der Waals surface area (Å²) >= 11 is 1.88. The Balaban J connectivity index is 0.000000242. The van der Waals surface area contributed by atoms with Crippen LogP contribution in [0.15, 0.2) is 224 Å². The van der Waals surface area contributed by atoms with Crippen LogP contribution in [0, 0.1) is 0 Å². The summed E-state index contributed by atoms with van der Waals surface area (Å²) in [4.78, 5) is 0. The lowest BCUT2D eigenvalue weighted by Crippen LogP contribution is -2.14. The molecule has 0 saturated heterocycles. The van der Waals surface area contributed by atoms with Gasteiger partial charge in [0.1, 0.15) is 0 Å². The summed E-state index contributed by atoms with van der Waals surface area (Å²) in [6.07, 6.45) is 0. The minimum absolute atomic E-state index is 0.160. The third-order valence-electron chi connectivity index (χ3n) is 12.5. The van der Waals surface area contributed by atoms with Gasteiger partial charge >= 0.3 is 0 Å². The van der Waals surface area contributed by atoms with E-state index in [1.54, 1.807) is 0 Å². The van der Waals surface area contributed by atoms with Crippen molar-refractivity contribution in [3.05, 3.63) is 236 Å². The van der Waals surface area contributed by atoms with E-state index in [4.69, 9.17) is 0 Å². The van der Waals surface area contributed by atoms with Crippen molar-refractivity contribution in [1.29, 1.82) is 0 Å². The molecule has 0 atom stereocenters.